The molecule has 1 saturated heterocycles. The molecule has 14 heavy (non-hydrogen) atoms. The number of halogens is 1. The minimum atomic E-state index is 0.720. The van der Waals surface area contributed by atoms with Crippen molar-refractivity contribution in [2.45, 2.75) is 25.3 Å². The largest absolute Gasteiger partial charge is 0.353 e. The zero-order valence-electron chi connectivity index (χ0n) is 7.99. The summed E-state index contributed by atoms with van der Waals surface area (Å²) in [7, 11) is 0. The van der Waals surface area contributed by atoms with Gasteiger partial charge in [-0.3, -0.25) is 0 Å². The summed E-state index contributed by atoms with van der Waals surface area (Å²) in [4.78, 5) is 6.81. The average molecular weight is 209 g/mol. The lowest BCUT2D eigenvalue weighted by Gasteiger charge is -2.27. The molecule has 0 amide bonds. The Kier molecular flexibility index (Phi) is 1.91. The smallest absolute Gasteiger partial charge is 0.128 e. The monoisotopic (exact) mass is 208 g/mol. The van der Waals surface area contributed by atoms with Crippen molar-refractivity contribution in [1.29, 1.82) is 0 Å². The Labute approximate surface area is 88.9 Å². The third kappa shape index (κ3) is 1.29. The summed E-state index contributed by atoms with van der Waals surface area (Å²) in [6.45, 7) is 1.19. The molecule has 0 radical (unpaired) electrons. The molecule has 2 heterocycles. The summed E-state index contributed by atoms with van der Waals surface area (Å²) >= 11 is 5.82. The zero-order chi connectivity index (χ0) is 9.54. The minimum Gasteiger partial charge on any atom is -0.353 e. The van der Waals surface area contributed by atoms with Crippen molar-refractivity contribution < 1.29 is 0 Å². The first-order valence-corrected chi connectivity index (χ1v) is 5.59. The van der Waals surface area contributed by atoms with E-state index in [1.165, 1.54) is 25.8 Å². The van der Waals surface area contributed by atoms with Gasteiger partial charge in [-0.1, -0.05) is 11.6 Å². The molecular formula is C11H13ClN2. The van der Waals surface area contributed by atoms with E-state index >= 15 is 0 Å². The number of rotatable bonds is 1. The van der Waals surface area contributed by atoms with E-state index in [1.807, 2.05) is 12.1 Å². The van der Waals surface area contributed by atoms with Gasteiger partial charge >= 0.3 is 0 Å². The van der Waals surface area contributed by atoms with E-state index in [0.717, 1.165) is 22.8 Å². The maximum Gasteiger partial charge on any atom is 0.128 e. The first kappa shape index (κ1) is 8.54. The highest BCUT2D eigenvalue weighted by atomic mass is 35.5. The molecule has 0 aromatic carbocycles. The van der Waals surface area contributed by atoms with Crippen molar-refractivity contribution in [1.82, 2.24) is 4.98 Å². The lowest BCUT2D eigenvalue weighted by Crippen LogP contribution is -2.32. The third-order valence-corrected chi connectivity index (χ3v) is 3.64. The Hall–Kier alpha value is -0.760. The quantitative estimate of drug-likeness (QED) is 0.706. The highest BCUT2D eigenvalue weighted by Gasteiger charge is 2.38. The standard InChI is InChI=1S/C11H13ClN2/c12-9-2-4-11(13-6-9)14-7-8-1-3-10(14)5-8/h2,4,6,8,10H,1,3,5,7H2. The van der Waals surface area contributed by atoms with E-state index in [-0.39, 0.29) is 0 Å². The molecule has 2 atom stereocenters. The molecule has 2 unspecified atom stereocenters. The minimum absolute atomic E-state index is 0.720. The lowest BCUT2D eigenvalue weighted by atomic mass is 10.1. The molecule has 1 aromatic rings. The highest BCUT2D eigenvalue weighted by molar-refractivity contribution is 6.30. The van der Waals surface area contributed by atoms with Crippen molar-refractivity contribution in [3.05, 3.63) is 23.4 Å². The molecular weight excluding hydrogens is 196 g/mol. The van der Waals surface area contributed by atoms with Gasteiger partial charge in [-0.25, -0.2) is 4.98 Å². The third-order valence-electron chi connectivity index (χ3n) is 3.42. The lowest BCUT2D eigenvalue weighted by molar-refractivity contribution is 0.550. The van der Waals surface area contributed by atoms with Crippen molar-refractivity contribution in [3.8, 4) is 0 Å². The van der Waals surface area contributed by atoms with Crippen LogP contribution in [0, 0.1) is 5.92 Å². The Morgan fingerprint density at radius 2 is 2.29 bits per heavy atom. The van der Waals surface area contributed by atoms with Gasteiger partial charge in [0.05, 0.1) is 5.02 Å². The van der Waals surface area contributed by atoms with Crippen LogP contribution < -0.4 is 4.90 Å². The van der Waals surface area contributed by atoms with E-state index in [2.05, 4.69) is 9.88 Å². The van der Waals surface area contributed by atoms with Crippen molar-refractivity contribution in [3.63, 3.8) is 0 Å². The Morgan fingerprint density at radius 1 is 1.36 bits per heavy atom. The molecule has 1 aliphatic heterocycles. The molecule has 2 fully saturated rings. The van der Waals surface area contributed by atoms with E-state index in [9.17, 15) is 0 Å². The van der Waals surface area contributed by atoms with Crippen LogP contribution in [-0.2, 0) is 0 Å². The summed E-state index contributed by atoms with van der Waals surface area (Å²) in [6, 6.07) is 4.70. The highest BCUT2D eigenvalue weighted by Crippen LogP contribution is 2.39. The van der Waals surface area contributed by atoms with E-state index in [4.69, 9.17) is 11.6 Å². The average Bonchev–Trinajstić information content (AvgIpc) is 2.80. The van der Waals surface area contributed by atoms with Gasteiger partial charge in [0.25, 0.3) is 0 Å². The number of piperidine rings is 1. The zero-order valence-corrected chi connectivity index (χ0v) is 8.74. The molecule has 2 nitrogen and oxygen atoms in total. The maximum absolute atomic E-state index is 5.82. The molecule has 1 aromatic heterocycles. The SMILES string of the molecule is Clc1ccc(N2CC3CCC2C3)nc1. The van der Waals surface area contributed by atoms with Gasteiger partial charge in [0.1, 0.15) is 5.82 Å². The van der Waals surface area contributed by atoms with Crippen LogP contribution in [0.1, 0.15) is 19.3 Å². The molecule has 0 N–H and O–H groups in total. The van der Waals surface area contributed by atoms with Crippen LogP contribution in [0.5, 0.6) is 0 Å². The first-order valence-electron chi connectivity index (χ1n) is 5.21. The molecule has 0 spiro atoms. The second-order valence-corrected chi connectivity index (χ2v) is 4.76. The Bertz CT molecular complexity index is 336. The van der Waals surface area contributed by atoms with Gasteiger partial charge in [-0.2, -0.15) is 0 Å². The summed E-state index contributed by atoms with van der Waals surface area (Å²) in [5.74, 6) is 2.01. The van der Waals surface area contributed by atoms with Crippen LogP contribution in [0.3, 0.4) is 0 Å². The number of hydrogen-bond acceptors (Lipinski definition) is 2. The topological polar surface area (TPSA) is 16.1 Å². The van der Waals surface area contributed by atoms with Gasteiger partial charge in [-0.15, -0.1) is 0 Å². The molecule has 3 heteroatoms. The summed E-state index contributed by atoms with van der Waals surface area (Å²) in [5, 5.41) is 0.720. The summed E-state index contributed by atoms with van der Waals surface area (Å²) in [6.07, 6.45) is 5.86. The first-order chi connectivity index (χ1) is 6.83. The van der Waals surface area contributed by atoms with Crippen LogP contribution in [-0.4, -0.2) is 17.6 Å². The van der Waals surface area contributed by atoms with Gasteiger partial charge in [-0.05, 0) is 37.3 Å². The van der Waals surface area contributed by atoms with Crippen LogP contribution in [0.4, 0.5) is 5.82 Å². The van der Waals surface area contributed by atoms with Gasteiger partial charge < -0.3 is 4.90 Å². The Morgan fingerprint density at radius 3 is 2.86 bits per heavy atom. The molecule has 1 aliphatic carbocycles. The summed E-state index contributed by atoms with van der Waals surface area (Å²) in [5.41, 5.74) is 0. The predicted octanol–water partition coefficient (Wildman–Crippen LogP) is 2.72. The number of nitrogens with zero attached hydrogens (tertiary/aromatic N) is 2. The fourth-order valence-corrected chi connectivity index (χ4v) is 2.85. The van der Waals surface area contributed by atoms with Gasteiger partial charge in [0.15, 0.2) is 0 Å². The van der Waals surface area contributed by atoms with Crippen LogP contribution in [0.25, 0.3) is 0 Å². The fourth-order valence-electron chi connectivity index (χ4n) is 2.74. The van der Waals surface area contributed by atoms with Crippen LogP contribution >= 0.6 is 11.6 Å². The van der Waals surface area contributed by atoms with Gasteiger partial charge in [0, 0.05) is 18.8 Å². The molecule has 2 aliphatic rings. The van der Waals surface area contributed by atoms with E-state index in [1.54, 1.807) is 6.20 Å². The number of hydrogen-bond donors (Lipinski definition) is 0. The maximum atomic E-state index is 5.82. The predicted molar refractivity (Wildman–Crippen MR) is 57.7 cm³/mol. The van der Waals surface area contributed by atoms with Crippen LogP contribution in [0.2, 0.25) is 5.02 Å². The van der Waals surface area contributed by atoms with Crippen molar-refractivity contribution >= 4 is 17.4 Å². The summed E-state index contributed by atoms with van der Waals surface area (Å²) < 4.78 is 0. The molecule has 3 rings (SSSR count). The molecule has 1 saturated carbocycles. The molecule has 74 valence electrons. The fraction of sp³-hybridized carbons (Fsp3) is 0.545. The van der Waals surface area contributed by atoms with Gasteiger partial charge in [0.2, 0.25) is 0 Å². The second-order valence-electron chi connectivity index (χ2n) is 4.32. The molecule has 2 bridgehead atoms. The van der Waals surface area contributed by atoms with Crippen molar-refractivity contribution in [2.24, 2.45) is 5.92 Å². The van der Waals surface area contributed by atoms with E-state index in [0.29, 0.717) is 0 Å². The number of fused-ring (bicyclic) bond motifs is 2. The second kappa shape index (κ2) is 3.13. The van der Waals surface area contributed by atoms with Crippen LogP contribution in [0.15, 0.2) is 18.3 Å². The van der Waals surface area contributed by atoms with Crippen molar-refractivity contribution in [2.75, 3.05) is 11.4 Å². The Balaban J connectivity index is 1.86. The number of pyridine rings is 1. The number of anilines is 1. The van der Waals surface area contributed by atoms with E-state index < -0.39 is 0 Å². The normalized spacial score (nSPS) is 29.9. The number of aromatic nitrogens is 1.